The van der Waals surface area contributed by atoms with Crippen molar-refractivity contribution in [3.8, 4) is 55.6 Å². The van der Waals surface area contributed by atoms with Crippen LogP contribution in [0.1, 0.15) is 0 Å². The van der Waals surface area contributed by atoms with E-state index >= 15 is 0 Å². The standard InChI is InChI=1S/C80H46O2/c1-2-19-49-43-51(36-35-47(49)17-1)74-60-23-7-9-25-62(60)75(63-26-10-8-24-61(63)74)53-39-41-72-70(46-53)79-55-22-6-4-20-50(55)44-68(80(79)82-72)58-33-15-32-57-56(58)31-16-34-59(57)77-66-29-13-11-27-64(66)76(65-28-12-14-30-67(65)77)52-38-40-71-69(45-52)78-54-21-5-3-18-48(54)37-42-73(78)81-71/h1-46H. The van der Waals surface area contributed by atoms with Gasteiger partial charge in [0.1, 0.15) is 22.3 Å². The van der Waals surface area contributed by atoms with Crippen LogP contribution in [0.25, 0.3) is 186 Å². The molecule has 0 amide bonds. The molecule has 18 rings (SSSR count). The van der Waals surface area contributed by atoms with Crippen LogP contribution >= 0.6 is 0 Å². The van der Waals surface area contributed by atoms with Crippen LogP contribution in [0.4, 0.5) is 0 Å². The van der Waals surface area contributed by atoms with Gasteiger partial charge in [-0.15, -0.1) is 0 Å². The van der Waals surface area contributed by atoms with Gasteiger partial charge in [0, 0.05) is 27.1 Å². The lowest BCUT2D eigenvalue weighted by molar-refractivity contribution is 0.669. The molecule has 0 aliphatic heterocycles. The van der Waals surface area contributed by atoms with Gasteiger partial charge in [0.05, 0.1) is 0 Å². The van der Waals surface area contributed by atoms with Crippen LogP contribution in [0.2, 0.25) is 0 Å². The van der Waals surface area contributed by atoms with Gasteiger partial charge in [-0.1, -0.05) is 237 Å². The molecular formula is C80H46O2. The van der Waals surface area contributed by atoms with Crippen LogP contribution in [-0.4, -0.2) is 0 Å². The Morgan fingerprint density at radius 1 is 0.183 bits per heavy atom. The SMILES string of the molecule is c1ccc2cc(-c3c4ccccc4c(-c4ccc5oc6c(-c7cccc8c(-c9c%10ccccc%10c(-c%10ccc%11oc%12ccc%13ccccc%13c%12c%11c%10)c%10ccccc9%10)cccc78)cc7ccccc7c6c5c4)c4ccccc34)ccc2c1. The highest BCUT2D eigenvalue weighted by molar-refractivity contribution is 6.29. The third kappa shape index (κ3) is 6.52. The Labute approximate surface area is 470 Å². The van der Waals surface area contributed by atoms with E-state index in [0.29, 0.717) is 0 Å². The molecule has 0 spiro atoms. The minimum Gasteiger partial charge on any atom is -0.456 e. The largest absolute Gasteiger partial charge is 0.456 e. The summed E-state index contributed by atoms with van der Waals surface area (Å²) in [5.41, 5.74) is 15.4. The quantitative estimate of drug-likeness (QED) is 0.161. The Morgan fingerprint density at radius 3 is 1.16 bits per heavy atom. The van der Waals surface area contributed by atoms with Gasteiger partial charge < -0.3 is 8.83 Å². The molecular weight excluding hydrogens is 993 g/mol. The molecule has 16 aromatic carbocycles. The van der Waals surface area contributed by atoms with Gasteiger partial charge in [-0.05, 0) is 179 Å². The Morgan fingerprint density at radius 2 is 0.573 bits per heavy atom. The molecule has 2 heteroatoms. The van der Waals surface area contributed by atoms with Crippen LogP contribution < -0.4 is 0 Å². The van der Waals surface area contributed by atoms with E-state index in [1.807, 2.05) is 0 Å². The Balaban J connectivity index is 0.833. The molecule has 2 nitrogen and oxygen atoms in total. The Kier molecular flexibility index (Phi) is 9.54. The normalized spacial score (nSPS) is 12.1. The minimum atomic E-state index is 0.866. The van der Waals surface area contributed by atoms with E-state index in [1.165, 1.54) is 120 Å². The summed E-state index contributed by atoms with van der Waals surface area (Å²) >= 11 is 0. The second-order valence-corrected chi connectivity index (χ2v) is 22.1. The Hall–Kier alpha value is -10.8. The number of rotatable bonds is 5. The van der Waals surface area contributed by atoms with Crippen molar-refractivity contribution in [1.82, 2.24) is 0 Å². The van der Waals surface area contributed by atoms with Crippen LogP contribution in [0.5, 0.6) is 0 Å². The zero-order chi connectivity index (χ0) is 53.6. The fourth-order valence-corrected chi connectivity index (χ4v) is 14.3. The van der Waals surface area contributed by atoms with Gasteiger partial charge in [0.25, 0.3) is 0 Å². The molecule has 0 atom stereocenters. The maximum atomic E-state index is 7.22. The summed E-state index contributed by atoms with van der Waals surface area (Å²) in [4.78, 5) is 0. The summed E-state index contributed by atoms with van der Waals surface area (Å²) in [5.74, 6) is 0. The highest BCUT2D eigenvalue weighted by Crippen LogP contribution is 2.51. The first-order valence-corrected chi connectivity index (χ1v) is 28.3. The van der Waals surface area contributed by atoms with Crippen molar-refractivity contribution in [2.75, 3.05) is 0 Å². The van der Waals surface area contributed by atoms with Gasteiger partial charge in [-0.2, -0.15) is 0 Å². The second kappa shape index (κ2) is 17.3. The summed E-state index contributed by atoms with van der Waals surface area (Å²) < 4.78 is 13.7. The lowest BCUT2D eigenvalue weighted by atomic mass is 9.83. The fraction of sp³-hybridized carbons (Fsp3) is 0. The van der Waals surface area contributed by atoms with Crippen molar-refractivity contribution >= 4 is 130 Å². The van der Waals surface area contributed by atoms with E-state index in [1.54, 1.807) is 0 Å². The number of fused-ring (bicyclic) bond motifs is 16. The first-order chi connectivity index (χ1) is 40.7. The molecule has 0 saturated carbocycles. The van der Waals surface area contributed by atoms with Crippen molar-refractivity contribution in [2.24, 2.45) is 0 Å². The third-order valence-electron chi connectivity index (χ3n) is 17.8. The molecule has 0 bridgehead atoms. The smallest absolute Gasteiger partial charge is 0.143 e. The average molecular weight is 1040 g/mol. The average Bonchev–Trinajstić information content (AvgIpc) is 4.24. The van der Waals surface area contributed by atoms with Gasteiger partial charge >= 0.3 is 0 Å². The van der Waals surface area contributed by atoms with Crippen molar-refractivity contribution in [1.29, 1.82) is 0 Å². The molecule has 18 aromatic rings. The predicted octanol–water partition coefficient (Wildman–Crippen LogP) is 23.0. The maximum absolute atomic E-state index is 7.22. The number of furan rings is 2. The number of hydrogen-bond acceptors (Lipinski definition) is 2. The fourth-order valence-electron chi connectivity index (χ4n) is 14.3. The third-order valence-corrected chi connectivity index (χ3v) is 17.8. The molecule has 0 N–H and O–H groups in total. The van der Waals surface area contributed by atoms with E-state index < -0.39 is 0 Å². The zero-order valence-electron chi connectivity index (χ0n) is 44.4. The topological polar surface area (TPSA) is 26.3 Å². The van der Waals surface area contributed by atoms with E-state index in [4.69, 9.17) is 8.83 Å². The van der Waals surface area contributed by atoms with Gasteiger partial charge in [0.15, 0.2) is 0 Å². The van der Waals surface area contributed by atoms with Gasteiger partial charge in [-0.25, -0.2) is 0 Å². The van der Waals surface area contributed by atoms with Crippen LogP contribution in [0, 0.1) is 0 Å². The molecule has 0 fully saturated rings. The predicted molar refractivity (Wildman–Crippen MR) is 348 cm³/mol. The second-order valence-electron chi connectivity index (χ2n) is 22.1. The van der Waals surface area contributed by atoms with Gasteiger partial charge in [-0.3, -0.25) is 0 Å². The van der Waals surface area contributed by atoms with Gasteiger partial charge in [0.2, 0.25) is 0 Å². The summed E-state index contributed by atoms with van der Waals surface area (Å²) in [5, 5.41) is 23.9. The summed E-state index contributed by atoms with van der Waals surface area (Å²) in [6.07, 6.45) is 0. The molecule has 378 valence electrons. The summed E-state index contributed by atoms with van der Waals surface area (Å²) in [7, 11) is 0. The highest BCUT2D eigenvalue weighted by atomic mass is 16.3. The van der Waals surface area contributed by atoms with Crippen LogP contribution in [0.15, 0.2) is 288 Å². The first kappa shape index (κ1) is 45.1. The monoisotopic (exact) mass is 1040 g/mol. The van der Waals surface area contributed by atoms with Crippen LogP contribution in [0.3, 0.4) is 0 Å². The van der Waals surface area contributed by atoms with Crippen molar-refractivity contribution < 1.29 is 8.83 Å². The van der Waals surface area contributed by atoms with Crippen molar-refractivity contribution in [2.45, 2.75) is 0 Å². The van der Waals surface area contributed by atoms with Crippen molar-refractivity contribution in [3.05, 3.63) is 279 Å². The number of benzene rings is 16. The molecule has 2 aromatic heterocycles. The lowest BCUT2D eigenvalue weighted by Gasteiger charge is -2.19. The summed E-state index contributed by atoms with van der Waals surface area (Å²) in [6, 6.07) is 103. The lowest BCUT2D eigenvalue weighted by Crippen LogP contribution is -1.92. The van der Waals surface area contributed by atoms with E-state index in [2.05, 4.69) is 279 Å². The molecule has 0 saturated heterocycles. The summed E-state index contributed by atoms with van der Waals surface area (Å²) in [6.45, 7) is 0. The van der Waals surface area contributed by atoms with Crippen LogP contribution in [-0.2, 0) is 0 Å². The first-order valence-electron chi connectivity index (χ1n) is 28.3. The molecule has 0 aliphatic rings. The van der Waals surface area contributed by atoms with Crippen molar-refractivity contribution in [3.63, 3.8) is 0 Å². The highest BCUT2D eigenvalue weighted by Gasteiger charge is 2.24. The molecule has 0 radical (unpaired) electrons. The molecule has 0 aliphatic carbocycles. The zero-order valence-corrected chi connectivity index (χ0v) is 44.4. The Bertz CT molecular complexity index is 5660. The maximum Gasteiger partial charge on any atom is 0.143 e. The molecule has 82 heavy (non-hydrogen) atoms. The molecule has 2 heterocycles. The van der Waals surface area contributed by atoms with E-state index in [-0.39, 0.29) is 0 Å². The van der Waals surface area contributed by atoms with E-state index in [9.17, 15) is 0 Å². The number of hydrogen-bond donors (Lipinski definition) is 0. The minimum absolute atomic E-state index is 0.866. The molecule has 0 unspecified atom stereocenters. The van der Waals surface area contributed by atoms with E-state index in [0.717, 1.165) is 66.1 Å².